The number of nitrogens with one attached hydrogen (secondary N) is 1. The van der Waals surface area contributed by atoms with Gasteiger partial charge in [0.25, 0.3) is 0 Å². The predicted molar refractivity (Wildman–Crippen MR) is 76.2 cm³/mol. The number of nitrogens with zero attached hydrogens (tertiary/aromatic N) is 2. The van der Waals surface area contributed by atoms with Crippen molar-refractivity contribution < 1.29 is 0 Å². The van der Waals surface area contributed by atoms with Crippen LogP contribution in [0, 0.1) is 0 Å². The number of hydrogen-bond acceptors (Lipinski definition) is 4. The Morgan fingerprint density at radius 3 is 2.33 bits per heavy atom. The van der Waals surface area contributed by atoms with E-state index in [4.69, 9.17) is 52.1 Å². The second kappa shape index (κ2) is 5.36. The lowest BCUT2D eigenvalue weighted by Gasteiger charge is -2.10. The average molecular weight is 324 g/mol. The first-order chi connectivity index (χ1) is 8.47. The molecule has 4 nitrogen and oxygen atoms in total. The zero-order valence-electron chi connectivity index (χ0n) is 8.72. The van der Waals surface area contributed by atoms with Crippen LogP contribution in [0.4, 0.5) is 17.5 Å². The quantitative estimate of drug-likeness (QED) is 0.803. The van der Waals surface area contributed by atoms with Crippen LogP contribution in [0.2, 0.25) is 20.1 Å². The Kier molecular flexibility index (Phi) is 4.02. The number of nitrogens with two attached hydrogens (primary N) is 1. The molecule has 8 heteroatoms. The molecule has 0 saturated heterocycles. The molecule has 0 radical (unpaired) electrons. The van der Waals surface area contributed by atoms with Gasteiger partial charge in [-0.3, -0.25) is 0 Å². The van der Waals surface area contributed by atoms with Crippen LogP contribution >= 0.6 is 46.4 Å². The van der Waals surface area contributed by atoms with Crippen molar-refractivity contribution in [2.45, 2.75) is 0 Å². The molecule has 0 amide bonds. The molecule has 0 unspecified atom stereocenters. The average Bonchev–Trinajstić information content (AvgIpc) is 2.30. The summed E-state index contributed by atoms with van der Waals surface area (Å²) >= 11 is 23.7. The molecule has 0 aliphatic heterocycles. The van der Waals surface area contributed by atoms with Gasteiger partial charge >= 0.3 is 0 Å². The lowest BCUT2D eigenvalue weighted by atomic mass is 10.3. The number of aromatic nitrogens is 2. The zero-order chi connectivity index (χ0) is 13.3. The summed E-state index contributed by atoms with van der Waals surface area (Å²) in [7, 11) is 0. The number of hydrogen-bond donors (Lipinski definition) is 2. The summed E-state index contributed by atoms with van der Waals surface area (Å²) in [6.07, 6.45) is 1.39. The Morgan fingerprint density at radius 2 is 1.61 bits per heavy atom. The van der Waals surface area contributed by atoms with Gasteiger partial charge in [-0.1, -0.05) is 46.4 Å². The van der Waals surface area contributed by atoms with Gasteiger partial charge < -0.3 is 11.1 Å². The highest BCUT2D eigenvalue weighted by atomic mass is 35.5. The van der Waals surface area contributed by atoms with Crippen molar-refractivity contribution in [1.82, 2.24) is 9.97 Å². The normalized spacial score (nSPS) is 10.4. The first kappa shape index (κ1) is 13.5. The first-order valence-corrected chi connectivity index (χ1v) is 6.18. The Hall–Kier alpha value is -0.940. The summed E-state index contributed by atoms with van der Waals surface area (Å²) in [4.78, 5) is 7.70. The van der Waals surface area contributed by atoms with Gasteiger partial charge in [-0.25, -0.2) is 4.98 Å². The lowest BCUT2D eigenvalue weighted by Crippen LogP contribution is -2.00. The minimum atomic E-state index is 0.0954. The Labute approximate surface area is 123 Å². The second-order valence-electron chi connectivity index (χ2n) is 3.30. The largest absolute Gasteiger partial charge is 0.368 e. The van der Waals surface area contributed by atoms with Crippen molar-refractivity contribution in [3.05, 3.63) is 38.4 Å². The monoisotopic (exact) mass is 322 g/mol. The van der Waals surface area contributed by atoms with E-state index in [1.165, 1.54) is 12.3 Å². The van der Waals surface area contributed by atoms with Crippen LogP contribution in [-0.4, -0.2) is 9.97 Å². The van der Waals surface area contributed by atoms with Gasteiger partial charge in [-0.15, -0.1) is 0 Å². The van der Waals surface area contributed by atoms with Gasteiger partial charge in [0.15, 0.2) is 5.82 Å². The zero-order valence-corrected chi connectivity index (χ0v) is 11.7. The van der Waals surface area contributed by atoms with Crippen LogP contribution < -0.4 is 11.1 Å². The molecule has 94 valence electrons. The van der Waals surface area contributed by atoms with Crippen molar-refractivity contribution in [2.75, 3.05) is 11.1 Å². The fourth-order valence-electron chi connectivity index (χ4n) is 1.21. The number of halogens is 4. The summed E-state index contributed by atoms with van der Waals surface area (Å²) < 4.78 is 0. The maximum Gasteiger partial charge on any atom is 0.222 e. The van der Waals surface area contributed by atoms with Crippen LogP contribution in [0.1, 0.15) is 0 Å². The molecule has 1 aromatic heterocycles. The van der Waals surface area contributed by atoms with E-state index in [-0.39, 0.29) is 5.95 Å². The van der Waals surface area contributed by atoms with E-state index >= 15 is 0 Å². The topological polar surface area (TPSA) is 63.8 Å². The molecular formula is C10H6Cl4N4. The van der Waals surface area contributed by atoms with Crippen molar-refractivity contribution in [3.63, 3.8) is 0 Å². The Balaban J connectivity index is 2.40. The van der Waals surface area contributed by atoms with E-state index in [0.29, 0.717) is 31.6 Å². The molecule has 2 rings (SSSR count). The van der Waals surface area contributed by atoms with Crippen LogP contribution in [0.15, 0.2) is 18.3 Å². The molecule has 0 aliphatic rings. The van der Waals surface area contributed by atoms with Gasteiger partial charge in [-0.2, -0.15) is 4.98 Å². The molecule has 18 heavy (non-hydrogen) atoms. The molecule has 0 bridgehead atoms. The summed E-state index contributed by atoms with van der Waals surface area (Å²) in [6, 6.07) is 3.09. The van der Waals surface area contributed by atoms with Gasteiger partial charge in [0.1, 0.15) is 5.02 Å². The third kappa shape index (κ3) is 2.90. The SMILES string of the molecule is Nc1ncc(Cl)c(Nc2cc(Cl)c(Cl)cc2Cl)n1. The van der Waals surface area contributed by atoms with E-state index in [1.807, 2.05) is 0 Å². The molecular weight excluding hydrogens is 318 g/mol. The van der Waals surface area contributed by atoms with Crippen LogP contribution in [-0.2, 0) is 0 Å². The van der Waals surface area contributed by atoms with Crippen molar-refractivity contribution in [1.29, 1.82) is 0 Å². The number of nitrogen functional groups attached to an aromatic ring is 1. The van der Waals surface area contributed by atoms with E-state index in [2.05, 4.69) is 15.3 Å². The smallest absolute Gasteiger partial charge is 0.222 e. The molecule has 0 aliphatic carbocycles. The van der Waals surface area contributed by atoms with Crippen LogP contribution in [0.3, 0.4) is 0 Å². The third-order valence-electron chi connectivity index (χ3n) is 2.03. The maximum absolute atomic E-state index is 6.02. The minimum Gasteiger partial charge on any atom is -0.368 e. The maximum atomic E-state index is 6.02. The summed E-state index contributed by atoms with van der Waals surface area (Å²) in [5.41, 5.74) is 5.99. The van der Waals surface area contributed by atoms with Crippen LogP contribution in [0.25, 0.3) is 0 Å². The Morgan fingerprint density at radius 1 is 0.944 bits per heavy atom. The van der Waals surface area contributed by atoms with Crippen molar-refractivity contribution >= 4 is 63.9 Å². The molecule has 1 heterocycles. The first-order valence-electron chi connectivity index (χ1n) is 4.67. The summed E-state index contributed by atoms with van der Waals surface area (Å²) in [5, 5.41) is 4.33. The fraction of sp³-hybridized carbons (Fsp3) is 0. The summed E-state index contributed by atoms with van der Waals surface area (Å²) in [6.45, 7) is 0. The van der Waals surface area contributed by atoms with E-state index in [1.54, 1.807) is 6.07 Å². The lowest BCUT2D eigenvalue weighted by molar-refractivity contribution is 1.18. The standard InChI is InChI=1S/C10H6Cl4N4/c11-4-1-6(13)8(2-5(4)12)17-9-7(14)3-16-10(15)18-9/h1-3H,(H3,15,16,17,18). The van der Waals surface area contributed by atoms with Crippen molar-refractivity contribution in [2.24, 2.45) is 0 Å². The van der Waals surface area contributed by atoms with Gasteiger partial charge in [0, 0.05) is 0 Å². The van der Waals surface area contributed by atoms with Gasteiger partial charge in [0.05, 0.1) is 27.0 Å². The highest BCUT2D eigenvalue weighted by molar-refractivity contribution is 6.44. The molecule has 2 aromatic rings. The predicted octanol–water partition coefficient (Wildman–Crippen LogP) is 4.42. The molecule has 1 aromatic carbocycles. The molecule has 0 fully saturated rings. The minimum absolute atomic E-state index is 0.0954. The molecule has 0 saturated carbocycles. The van der Waals surface area contributed by atoms with Crippen LogP contribution in [0.5, 0.6) is 0 Å². The number of rotatable bonds is 2. The molecule has 0 spiro atoms. The second-order valence-corrected chi connectivity index (χ2v) is 4.92. The molecule has 0 atom stereocenters. The molecule has 3 N–H and O–H groups in total. The van der Waals surface area contributed by atoms with Gasteiger partial charge in [0.2, 0.25) is 5.95 Å². The van der Waals surface area contributed by atoms with Crippen molar-refractivity contribution in [3.8, 4) is 0 Å². The summed E-state index contributed by atoms with van der Waals surface area (Å²) in [5.74, 6) is 0.433. The van der Waals surface area contributed by atoms with E-state index in [9.17, 15) is 0 Å². The number of anilines is 3. The van der Waals surface area contributed by atoms with E-state index < -0.39 is 0 Å². The highest BCUT2D eigenvalue weighted by Gasteiger charge is 2.09. The van der Waals surface area contributed by atoms with Gasteiger partial charge in [-0.05, 0) is 12.1 Å². The highest BCUT2D eigenvalue weighted by Crippen LogP contribution is 2.34. The Bertz CT molecular complexity index is 603. The fourth-order valence-corrected chi connectivity index (χ4v) is 1.95. The van der Waals surface area contributed by atoms with E-state index in [0.717, 1.165) is 0 Å². The number of benzene rings is 1. The third-order valence-corrected chi connectivity index (χ3v) is 3.34.